The van der Waals surface area contributed by atoms with E-state index in [0.29, 0.717) is 0 Å². The van der Waals surface area contributed by atoms with Gasteiger partial charge in [-0.15, -0.1) is 11.8 Å². The fraction of sp³-hybridized carbons (Fsp3) is 0.571. The maximum Gasteiger partial charge on any atom is 0.123 e. The van der Waals surface area contributed by atoms with Gasteiger partial charge < -0.3 is 5.32 Å². The third-order valence-corrected chi connectivity index (χ3v) is 3.41. The van der Waals surface area contributed by atoms with Crippen LogP contribution in [0.15, 0.2) is 29.2 Å². The van der Waals surface area contributed by atoms with Crippen LogP contribution in [0.2, 0.25) is 0 Å². The summed E-state index contributed by atoms with van der Waals surface area (Å²) in [6, 6.07) is 6.72. The molecule has 1 aromatic rings. The summed E-state index contributed by atoms with van der Waals surface area (Å²) in [5.74, 6) is 0.931. The molecule has 17 heavy (non-hydrogen) atoms. The zero-order chi connectivity index (χ0) is 12.7. The van der Waals surface area contributed by atoms with Crippen molar-refractivity contribution in [2.75, 3.05) is 12.3 Å². The van der Waals surface area contributed by atoms with E-state index < -0.39 is 0 Å². The first kappa shape index (κ1) is 14.5. The van der Waals surface area contributed by atoms with E-state index in [1.807, 2.05) is 12.1 Å². The molecule has 0 fully saturated rings. The second-order valence-electron chi connectivity index (χ2n) is 5.19. The Bertz CT molecular complexity index is 316. The maximum absolute atomic E-state index is 12.7. The van der Waals surface area contributed by atoms with Crippen LogP contribution < -0.4 is 5.32 Å². The maximum atomic E-state index is 12.7. The van der Waals surface area contributed by atoms with Crippen molar-refractivity contribution in [2.45, 2.75) is 44.0 Å². The first-order valence-corrected chi connectivity index (χ1v) is 7.09. The van der Waals surface area contributed by atoms with Gasteiger partial charge in [-0.3, -0.25) is 0 Å². The summed E-state index contributed by atoms with van der Waals surface area (Å²) in [5.41, 5.74) is 0.212. The molecule has 0 amide bonds. The number of halogens is 1. The quantitative estimate of drug-likeness (QED) is 0.607. The van der Waals surface area contributed by atoms with Crippen LogP contribution in [-0.4, -0.2) is 17.8 Å². The number of nitrogens with one attached hydrogen (secondary N) is 1. The molecule has 0 aliphatic carbocycles. The fourth-order valence-corrected chi connectivity index (χ4v) is 2.32. The highest BCUT2D eigenvalue weighted by atomic mass is 32.2. The van der Waals surface area contributed by atoms with Crippen molar-refractivity contribution in [1.82, 2.24) is 5.32 Å². The summed E-state index contributed by atoms with van der Waals surface area (Å²) in [4.78, 5) is 1.15. The molecule has 0 unspecified atom stereocenters. The predicted molar refractivity (Wildman–Crippen MR) is 74.1 cm³/mol. The van der Waals surface area contributed by atoms with Crippen molar-refractivity contribution in [3.05, 3.63) is 30.1 Å². The smallest absolute Gasteiger partial charge is 0.123 e. The van der Waals surface area contributed by atoms with E-state index in [0.717, 1.165) is 17.2 Å². The van der Waals surface area contributed by atoms with E-state index in [1.165, 1.54) is 25.0 Å². The average Bonchev–Trinajstić information content (AvgIpc) is 2.24. The molecule has 0 atom stereocenters. The van der Waals surface area contributed by atoms with Crippen molar-refractivity contribution < 1.29 is 4.39 Å². The lowest BCUT2D eigenvalue weighted by Crippen LogP contribution is -2.36. The lowest BCUT2D eigenvalue weighted by molar-refractivity contribution is 0.421. The summed E-state index contributed by atoms with van der Waals surface area (Å²) in [5, 5.41) is 3.47. The molecule has 0 radical (unpaired) electrons. The topological polar surface area (TPSA) is 12.0 Å². The molecule has 0 heterocycles. The molecule has 96 valence electrons. The first-order chi connectivity index (χ1) is 7.97. The normalized spacial score (nSPS) is 11.8. The van der Waals surface area contributed by atoms with Crippen LogP contribution in [0.4, 0.5) is 4.39 Å². The van der Waals surface area contributed by atoms with Crippen LogP contribution in [-0.2, 0) is 0 Å². The molecule has 1 aromatic carbocycles. The van der Waals surface area contributed by atoms with Crippen LogP contribution in [0.25, 0.3) is 0 Å². The lowest BCUT2D eigenvalue weighted by Gasteiger charge is -2.20. The Hall–Kier alpha value is -0.540. The van der Waals surface area contributed by atoms with Gasteiger partial charge in [0.1, 0.15) is 5.82 Å². The van der Waals surface area contributed by atoms with Crippen LogP contribution in [0.5, 0.6) is 0 Å². The van der Waals surface area contributed by atoms with E-state index in [4.69, 9.17) is 0 Å². The third-order valence-electron chi connectivity index (χ3n) is 2.31. The van der Waals surface area contributed by atoms with Gasteiger partial charge in [0, 0.05) is 10.4 Å². The van der Waals surface area contributed by atoms with Crippen molar-refractivity contribution in [1.29, 1.82) is 0 Å². The number of hydrogen-bond donors (Lipinski definition) is 1. The van der Waals surface area contributed by atoms with Gasteiger partial charge in [-0.25, -0.2) is 4.39 Å². The highest BCUT2D eigenvalue weighted by molar-refractivity contribution is 7.99. The predicted octanol–water partition coefficient (Wildman–Crippen LogP) is 4.09. The summed E-state index contributed by atoms with van der Waals surface area (Å²) in [6.07, 6.45) is 2.37. The van der Waals surface area contributed by atoms with E-state index in [2.05, 4.69) is 26.1 Å². The van der Waals surface area contributed by atoms with Crippen LogP contribution in [0, 0.1) is 5.82 Å². The van der Waals surface area contributed by atoms with Gasteiger partial charge in [0.25, 0.3) is 0 Å². The third kappa shape index (κ3) is 7.40. The molecular formula is C14H22FNS. The van der Waals surface area contributed by atoms with Gasteiger partial charge >= 0.3 is 0 Å². The molecule has 3 heteroatoms. The fourth-order valence-electron chi connectivity index (χ4n) is 1.41. The minimum atomic E-state index is -0.163. The molecule has 0 bridgehead atoms. The summed E-state index contributed by atoms with van der Waals surface area (Å²) < 4.78 is 12.7. The molecule has 0 spiro atoms. The molecule has 0 saturated carbocycles. The van der Waals surface area contributed by atoms with Crippen molar-refractivity contribution >= 4 is 11.8 Å². The molecule has 0 aromatic heterocycles. The van der Waals surface area contributed by atoms with Crippen molar-refractivity contribution in [3.8, 4) is 0 Å². The Labute approximate surface area is 108 Å². The second kappa shape index (κ2) is 7.02. The minimum absolute atomic E-state index is 0.163. The molecule has 1 nitrogen and oxygen atoms in total. The monoisotopic (exact) mass is 255 g/mol. The molecule has 1 N–H and O–H groups in total. The number of benzene rings is 1. The standard InChI is InChI=1S/C14H22FNS/c1-14(2,3)16-10-4-5-11-17-13-8-6-12(15)7-9-13/h6-9,16H,4-5,10-11H2,1-3H3. The average molecular weight is 255 g/mol. The van der Waals surface area contributed by atoms with Gasteiger partial charge in [0.2, 0.25) is 0 Å². The second-order valence-corrected chi connectivity index (χ2v) is 6.35. The van der Waals surface area contributed by atoms with Gasteiger partial charge in [-0.2, -0.15) is 0 Å². The van der Waals surface area contributed by atoms with Crippen LogP contribution in [0.1, 0.15) is 33.6 Å². The summed E-state index contributed by atoms with van der Waals surface area (Å²) in [6.45, 7) is 7.61. The Morgan fingerprint density at radius 2 is 1.76 bits per heavy atom. The van der Waals surface area contributed by atoms with E-state index >= 15 is 0 Å². The molecule has 0 saturated heterocycles. The zero-order valence-corrected chi connectivity index (χ0v) is 11.7. The highest BCUT2D eigenvalue weighted by Gasteiger charge is 2.06. The number of hydrogen-bond acceptors (Lipinski definition) is 2. The Kier molecular flexibility index (Phi) is 6.00. The van der Waals surface area contributed by atoms with Gasteiger partial charge in [0.15, 0.2) is 0 Å². The Balaban J connectivity index is 2.07. The molecular weight excluding hydrogens is 233 g/mol. The zero-order valence-electron chi connectivity index (χ0n) is 10.9. The SMILES string of the molecule is CC(C)(C)NCCCCSc1ccc(F)cc1. The number of thioether (sulfide) groups is 1. The van der Waals surface area contributed by atoms with E-state index in [1.54, 1.807) is 11.8 Å². The Morgan fingerprint density at radius 1 is 1.12 bits per heavy atom. The lowest BCUT2D eigenvalue weighted by atomic mass is 10.1. The van der Waals surface area contributed by atoms with Gasteiger partial charge in [0.05, 0.1) is 0 Å². The van der Waals surface area contributed by atoms with Crippen molar-refractivity contribution in [2.24, 2.45) is 0 Å². The molecule has 0 aliphatic rings. The Morgan fingerprint density at radius 3 is 2.35 bits per heavy atom. The summed E-state index contributed by atoms with van der Waals surface area (Å²) >= 11 is 1.79. The highest BCUT2D eigenvalue weighted by Crippen LogP contribution is 2.19. The largest absolute Gasteiger partial charge is 0.312 e. The summed E-state index contributed by atoms with van der Waals surface area (Å²) in [7, 11) is 0. The minimum Gasteiger partial charge on any atom is -0.312 e. The molecule has 1 rings (SSSR count). The number of unbranched alkanes of at least 4 members (excludes halogenated alkanes) is 1. The van der Waals surface area contributed by atoms with Gasteiger partial charge in [-0.05, 0) is 70.2 Å². The van der Waals surface area contributed by atoms with E-state index in [9.17, 15) is 4.39 Å². The van der Waals surface area contributed by atoms with Crippen molar-refractivity contribution in [3.63, 3.8) is 0 Å². The van der Waals surface area contributed by atoms with Crippen LogP contribution in [0.3, 0.4) is 0 Å². The van der Waals surface area contributed by atoms with Crippen LogP contribution >= 0.6 is 11.8 Å². The number of rotatable bonds is 6. The molecule has 0 aliphatic heterocycles. The first-order valence-electron chi connectivity index (χ1n) is 6.11. The van der Waals surface area contributed by atoms with Gasteiger partial charge in [-0.1, -0.05) is 0 Å². The van der Waals surface area contributed by atoms with E-state index in [-0.39, 0.29) is 11.4 Å².